The average molecular weight is 277 g/mol. The van der Waals surface area contributed by atoms with Gasteiger partial charge in [-0.25, -0.2) is 6.92 Å². The van der Waals surface area contributed by atoms with Gasteiger partial charge in [0.15, 0.2) is 0 Å². The van der Waals surface area contributed by atoms with Gasteiger partial charge in [0.2, 0.25) is 0 Å². The van der Waals surface area contributed by atoms with Gasteiger partial charge in [0.1, 0.15) is 6.33 Å². The van der Waals surface area contributed by atoms with Crippen LogP contribution in [0.3, 0.4) is 0 Å². The van der Waals surface area contributed by atoms with E-state index in [1.54, 1.807) is 0 Å². The van der Waals surface area contributed by atoms with Crippen molar-refractivity contribution in [1.29, 1.82) is 0 Å². The van der Waals surface area contributed by atoms with Crippen LogP contribution in [0.2, 0.25) is 0 Å². The first-order valence-corrected chi connectivity index (χ1v) is 3.95. The monoisotopic (exact) mass is 277 g/mol. The first-order chi connectivity index (χ1) is 6.65. The molecule has 0 aliphatic carbocycles. The fourth-order valence-electron chi connectivity index (χ4n) is 0.788. The molecule has 0 saturated heterocycles. The molecule has 0 aliphatic rings. The van der Waals surface area contributed by atoms with Crippen molar-refractivity contribution in [2.24, 2.45) is 0 Å². The Hall–Kier alpha value is -0.736. The van der Waals surface area contributed by atoms with E-state index in [0.29, 0.717) is 17.7 Å². The molecule has 0 amide bonds. The van der Waals surface area contributed by atoms with E-state index in [1.807, 2.05) is 0 Å². The molecule has 15 heavy (non-hydrogen) atoms. The maximum atomic E-state index is 9.55. The number of aliphatic hydroxyl groups is 1. The fourth-order valence-corrected chi connectivity index (χ4v) is 0.788. The van der Waals surface area contributed by atoms with Crippen molar-refractivity contribution < 1.29 is 37.8 Å². The second kappa shape index (κ2) is 6.69. The number of aromatic nitrogens is 3. The van der Waals surface area contributed by atoms with Crippen molar-refractivity contribution in [3.05, 3.63) is 49.8 Å². The maximum Gasteiger partial charge on any atom is 3.00 e. The van der Waals surface area contributed by atoms with E-state index >= 15 is 0 Å². The van der Waals surface area contributed by atoms with Gasteiger partial charge in [0, 0.05) is 5.76 Å². The summed E-state index contributed by atoms with van der Waals surface area (Å²) >= 11 is 0. The zero-order valence-electron chi connectivity index (χ0n) is 8.27. The molecule has 1 heterocycles. The van der Waals surface area contributed by atoms with Crippen molar-refractivity contribution >= 4 is 5.76 Å². The third-order valence-electron chi connectivity index (χ3n) is 1.51. The van der Waals surface area contributed by atoms with Gasteiger partial charge >= 0.3 is 32.7 Å². The summed E-state index contributed by atoms with van der Waals surface area (Å²) in [5.41, 5.74) is 1.14. The Morgan fingerprint density at radius 2 is 2.27 bits per heavy atom. The first-order valence-electron chi connectivity index (χ1n) is 3.95. The van der Waals surface area contributed by atoms with E-state index in [4.69, 9.17) is 0 Å². The Morgan fingerprint density at radius 3 is 2.80 bits per heavy atom. The number of allylic oxidation sites excluding steroid dienone is 2. The van der Waals surface area contributed by atoms with Crippen LogP contribution in [0.5, 0.6) is 0 Å². The molecule has 1 aromatic rings. The second-order valence-corrected chi connectivity index (χ2v) is 2.58. The van der Waals surface area contributed by atoms with Gasteiger partial charge in [0.25, 0.3) is 0 Å². The van der Waals surface area contributed by atoms with Crippen molar-refractivity contribution in [3.63, 3.8) is 0 Å². The predicted molar refractivity (Wildman–Crippen MR) is 52.7 cm³/mol. The van der Waals surface area contributed by atoms with E-state index in [1.165, 1.54) is 6.33 Å². The number of aliphatic hydroxyl groups excluding tert-OH is 1. The number of rotatable bonds is 3. The summed E-state index contributed by atoms with van der Waals surface area (Å²) in [7, 11) is 0. The molecule has 5 heteroatoms. The Morgan fingerprint density at radius 1 is 1.60 bits per heavy atom. The van der Waals surface area contributed by atoms with Gasteiger partial charge in [-0.15, -0.1) is 11.2 Å². The number of nitrogens with zero attached hydrogens (tertiary/aromatic N) is 3. The molecule has 0 radical (unpaired) electrons. The minimum absolute atomic E-state index is 0. The second-order valence-electron chi connectivity index (χ2n) is 2.58. The third-order valence-corrected chi connectivity index (χ3v) is 1.51. The molecule has 1 aromatic heterocycles. The molecule has 0 saturated carbocycles. The zero-order chi connectivity index (χ0) is 10.6. The smallest absolute Gasteiger partial charge is 0.538 e. The average Bonchev–Trinajstić information content (AvgIpc) is 2.18. The van der Waals surface area contributed by atoms with Crippen LogP contribution in [-0.4, -0.2) is 20.3 Å². The Balaban J connectivity index is 0.00000196. The van der Waals surface area contributed by atoms with Gasteiger partial charge < -0.3 is 17.0 Å². The summed E-state index contributed by atoms with van der Waals surface area (Å²) in [6.07, 6.45) is 4.33. The van der Waals surface area contributed by atoms with Crippen molar-refractivity contribution in [2.75, 3.05) is 0 Å². The minimum atomic E-state index is -0.140. The Bertz CT molecular complexity index is 377. The molecule has 1 N–H and O–H groups in total. The molecule has 0 unspecified atom stereocenters. The molecule has 0 spiro atoms. The van der Waals surface area contributed by atoms with Crippen LogP contribution in [0, 0.1) is 19.9 Å². The molecule has 4 nitrogen and oxygen atoms in total. The van der Waals surface area contributed by atoms with Crippen LogP contribution in [0.4, 0.5) is 0 Å². The van der Waals surface area contributed by atoms with E-state index in [0.717, 1.165) is 0 Å². The van der Waals surface area contributed by atoms with Crippen LogP contribution in [0.25, 0.3) is 5.76 Å². The quantitative estimate of drug-likeness (QED) is 0.517. The molecule has 0 aliphatic heterocycles. The SMILES string of the molecule is C=C([C-]=C(O)c1ncnnc1[CH2-])C[CH2-].[Y+3]. The van der Waals surface area contributed by atoms with Crippen LogP contribution in [0.15, 0.2) is 18.5 Å². The normalized spacial score (nSPS) is 10.6. The standard InChI is InChI=1S/C10H10N3O.Y/c1-4-7(2)5-9(14)10-8(3)13-12-6-11-10;/h6,14H,1-4H2;/q-3;+3. The molecule has 0 fully saturated rings. The zero-order valence-corrected chi connectivity index (χ0v) is 11.1. The summed E-state index contributed by atoms with van der Waals surface area (Å²) < 4.78 is 0. The van der Waals surface area contributed by atoms with Gasteiger partial charge in [0.05, 0.1) is 0 Å². The topological polar surface area (TPSA) is 58.9 Å². The summed E-state index contributed by atoms with van der Waals surface area (Å²) in [5.74, 6) is -0.140. The molecule has 0 aromatic carbocycles. The van der Waals surface area contributed by atoms with Gasteiger partial charge in [-0.05, 0) is 5.69 Å². The first kappa shape index (κ1) is 14.3. The van der Waals surface area contributed by atoms with Crippen LogP contribution < -0.4 is 0 Å². The van der Waals surface area contributed by atoms with Gasteiger partial charge in [-0.2, -0.15) is 23.7 Å². The van der Waals surface area contributed by atoms with Crippen molar-refractivity contribution in [2.45, 2.75) is 6.42 Å². The molecule has 1 rings (SSSR count). The Labute approximate surface area is 114 Å². The maximum absolute atomic E-state index is 9.55. The third kappa shape index (κ3) is 4.10. The number of hydrogen-bond donors (Lipinski definition) is 1. The summed E-state index contributed by atoms with van der Waals surface area (Å²) in [5, 5.41) is 16.7. The van der Waals surface area contributed by atoms with Crippen LogP contribution >= 0.6 is 0 Å². The van der Waals surface area contributed by atoms with Crippen LogP contribution in [-0.2, 0) is 32.7 Å². The van der Waals surface area contributed by atoms with E-state index < -0.39 is 0 Å². The molecule has 0 atom stereocenters. The minimum Gasteiger partial charge on any atom is -0.538 e. The fraction of sp³-hybridized carbons (Fsp3) is 0.100. The summed E-state index contributed by atoms with van der Waals surface area (Å²) in [4.78, 5) is 3.82. The predicted octanol–water partition coefficient (Wildman–Crippen LogP) is 1.53. The van der Waals surface area contributed by atoms with Gasteiger partial charge in [-0.3, -0.25) is 0 Å². The largest absolute Gasteiger partial charge is 3.00 e. The van der Waals surface area contributed by atoms with Crippen LogP contribution in [0.1, 0.15) is 17.8 Å². The van der Waals surface area contributed by atoms with E-state index in [2.05, 4.69) is 41.7 Å². The molecular formula is C10H10N3OY. The summed E-state index contributed by atoms with van der Waals surface area (Å²) in [6.45, 7) is 10.8. The molecular weight excluding hydrogens is 267 g/mol. The number of hydrogen-bond acceptors (Lipinski definition) is 4. The molecule has 74 valence electrons. The van der Waals surface area contributed by atoms with Crippen molar-refractivity contribution in [3.8, 4) is 0 Å². The van der Waals surface area contributed by atoms with Crippen molar-refractivity contribution in [1.82, 2.24) is 15.2 Å². The van der Waals surface area contributed by atoms with Gasteiger partial charge in [-0.1, -0.05) is 5.69 Å². The van der Waals surface area contributed by atoms with E-state index in [-0.39, 0.29) is 44.2 Å². The Kier molecular flexibility index (Phi) is 6.36. The molecule has 0 bridgehead atoms. The van der Waals surface area contributed by atoms with E-state index in [9.17, 15) is 5.11 Å². The summed E-state index contributed by atoms with van der Waals surface area (Å²) in [6, 6.07) is 0.